The van der Waals surface area contributed by atoms with E-state index in [2.05, 4.69) is 10.4 Å². The molecule has 2 atom stereocenters. The van der Waals surface area contributed by atoms with E-state index >= 15 is 0 Å². The van der Waals surface area contributed by atoms with E-state index in [0.29, 0.717) is 0 Å². The molecule has 0 spiro atoms. The molecule has 0 radical (unpaired) electrons. The first-order valence-electron chi connectivity index (χ1n) is 6.11. The Morgan fingerprint density at radius 3 is 2.67 bits per heavy atom. The van der Waals surface area contributed by atoms with Gasteiger partial charge in [-0.3, -0.25) is 19.2 Å². The van der Waals surface area contributed by atoms with Crippen molar-refractivity contribution in [1.82, 2.24) is 15.1 Å². The molecule has 2 unspecified atom stereocenters. The van der Waals surface area contributed by atoms with Gasteiger partial charge in [0.1, 0.15) is 12.1 Å². The average molecular weight is 250 g/mol. The molecule has 1 saturated heterocycles. The Morgan fingerprint density at radius 2 is 2.06 bits per heavy atom. The number of nitrogens with zero attached hydrogens (tertiary/aromatic N) is 3. The summed E-state index contributed by atoms with van der Waals surface area (Å²) < 4.78 is 1.67. The summed E-state index contributed by atoms with van der Waals surface area (Å²) in [5.41, 5.74) is 1.57. The molecule has 1 aliphatic heterocycles. The molecule has 1 aromatic rings. The van der Waals surface area contributed by atoms with E-state index in [1.54, 1.807) is 29.6 Å². The monoisotopic (exact) mass is 250 g/mol. The topological polar surface area (TPSA) is 67.2 Å². The van der Waals surface area contributed by atoms with E-state index in [1.165, 1.54) is 0 Å². The number of piperazine rings is 1. The van der Waals surface area contributed by atoms with Crippen molar-refractivity contribution in [2.75, 3.05) is 4.90 Å². The lowest BCUT2D eigenvalue weighted by Crippen LogP contribution is -2.61. The van der Waals surface area contributed by atoms with Crippen LogP contribution in [0.1, 0.15) is 26.5 Å². The van der Waals surface area contributed by atoms with Gasteiger partial charge in [-0.2, -0.15) is 5.10 Å². The van der Waals surface area contributed by atoms with Crippen LogP contribution in [0.2, 0.25) is 0 Å². The fraction of sp³-hybridized carbons (Fsp3) is 0.583. The summed E-state index contributed by atoms with van der Waals surface area (Å²) in [7, 11) is 1.81. The van der Waals surface area contributed by atoms with E-state index in [4.69, 9.17) is 0 Å². The van der Waals surface area contributed by atoms with Crippen LogP contribution in [-0.4, -0.2) is 33.7 Å². The van der Waals surface area contributed by atoms with Crippen LogP contribution in [0.25, 0.3) is 0 Å². The van der Waals surface area contributed by atoms with E-state index < -0.39 is 12.1 Å². The van der Waals surface area contributed by atoms with Crippen molar-refractivity contribution in [2.45, 2.75) is 39.3 Å². The van der Waals surface area contributed by atoms with Gasteiger partial charge in [-0.15, -0.1) is 0 Å². The molecule has 0 aliphatic carbocycles. The van der Waals surface area contributed by atoms with Gasteiger partial charge in [0, 0.05) is 13.2 Å². The Labute approximate surface area is 106 Å². The largest absolute Gasteiger partial charge is 0.343 e. The highest BCUT2D eigenvalue weighted by molar-refractivity contribution is 6.08. The van der Waals surface area contributed by atoms with E-state index in [0.717, 1.165) is 17.8 Å². The van der Waals surface area contributed by atoms with Crippen molar-refractivity contribution in [3.8, 4) is 0 Å². The molecule has 2 amide bonds. The summed E-state index contributed by atoms with van der Waals surface area (Å²) in [6.07, 6.45) is 2.52. The zero-order valence-electron chi connectivity index (χ0n) is 11.1. The van der Waals surface area contributed by atoms with Gasteiger partial charge in [0.15, 0.2) is 0 Å². The summed E-state index contributed by atoms with van der Waals surface area (Å²) in [6, 6.07) is -0.984. The lowest BCUT2D eigenvalue weighted by Gasteiger charge is -2.35. The maximum absolute atomic E-state index is 12.2. The maximum Gasteiger partial charge on any atom is 0.250 e. The molecule has 1 N–H and O–H groups in total. The Kier molecular flexibility index (Phi) is 3.11. The molecule has 2 heterocycles. The number of hydrogen-bond acceptors (Lipinski definition) is 3. The number of amides is 2. The molecule has 0 saturated carbocycles. The van der Waals surface area contributed by atoms with Crippen molar-refractivity contribution in [3.63, 3.8) is 0 Å². The van der Waals surface area contributed by atoms with Gasteiger partial charge in [0.25, 0.3) is 0 Å². The molecule has 6 heteroatoms. The molecule has 1 fully saturated rings. The van der Waals surface area contributed by atoms with E-state index in [9.17, 15) is 9.59 Å². The fourth-order valence-electron chi connectivity index (χ4n) is 2.21. The third kappa shape index (κ3) is 1.87. The number of aromatic nitrogens is 2. The Morgan fingerprint density at radius 1 is 1.39 bits per heavy atom. The van der Waals surface area contributed by atoms with Crippen molar-refractivity contribution in [1.29, 1.82) is 0 Å². The lowest BCUT2D eigenvalue weighted by molar-refractivity contribution is -0.133. The van der Waals surface area contributed by atoms with Crippen LogP contribution in [0.4, 0.5) is 5.69 Å². The van der Waals surface area contributed by atoms with Crippen LogP contribution >= 0.6 is 0 Å². The van der Waals surface area contributed by atoms with Crippen LogP contribution in [0.15, 0.2) is 6.20 Å². The van der Waals surface area contributed by atoms with Gasteiger partial charge in [0.05, 0.1) is 11.4 Å². The summed E-state index contributed by atoms with van der Waals surface area (Å²) in [6.45, 7) is 5.40. The van der Waals surface area contributed by atoms with E-state index in [1.807, 2.05) is 14.0 Å². The highest BCUT2D eigenvalue weighted by atomic mass is 16.2. The van der Waals surface area contributed by atoms with Gasteiger partial charge in [-0.1, -0.05) is 6.92 Å². The number of hydrogen-bond donors (Lipinski definition) is 1. The van der Waals surface area contributed by atoms with Gasteiger partial charge in [0.2, 0.25) is 11.8 Å². The second-order valence-electron chi connectivity index (χ2n) is 4.60. The molecular formula is C12H18N4O2. The number of aryl methyl sites for hydroxylation is 2. The fourth-order valence-corrected chi connectivity index (χ4v) is 2.21. The molecule has 18 heavy (non-hydrogen) atoms. The van der Waals surface area contributed by atoms with Crippen molar-refractivity contribution >= 4 is 17.5 Å². The first-order chi connectivity index (χ1) is 8.45. The average Bonchev–Trinajstić information content (AvgIpc) is 2.68. The van der Waals surface area contributed by atoms with Crippen LogP contribution in [0, 0.1) is 0 Å². The summed E-state index contributed by atoms with van der Waals surface area (Å²) >= 11 is 0. The lowest BCUT2D eigenvalue weighted by atomic mass is 10.1. The molecule has 6 nitrogen and oxygen atoms in total. The maximum atomic E-state index is 12.2. The van der Waals surface area contributed by atoms with Crippen molar-refractivity contribution in [2.24, 2.45) is 7.05 Å². The number of anilines is 1. The van der Waals surface area contributed by atoms with Gasteiger partial charge >= 0.3 is 0 Å². The number of rotatable bonds is 2. The molecule has 2 rings (SSSR count). The molecule has 1 aromatic heterocycles. The van der Waals surface area contributed by atoms with Gasteiger partial charge < -0.3 is 5.32 Å². The SMILES string of the molecule is CCc1nn(C)cc1N1C(=O)C(C)NC(=O)C1C. The summed E-state index contributed by atoms with van der Waals surface area (Å²) in [5, 5.41) is 6.98. The molecular weight excluding hydrogens is 232 g/mol. The first-order valence-corrected chi connectivity index (χ1v) is 6.11. The minimum Gasteiger partial charge on any atom is -0.343 e. The molecule has 0 aromatic carbocycles. The van der Waals surface area contributed by atoms with Gasteiger partial charge in [-0.05, 0) is 20.3 Å². The van der Waals surface area contributed by atoms with Crippen LogP contribution in [0.3, 0.4) is 0 Å². The summed E-state index contributed by atoms with van der Waals surface area (Å²) in [5.74, 6) is -0.224. The predicted octanol–water partition coefficient (Wildman–Crippen LogP) is 0.222. The minimum absolute atomic E-state index is 0.0928. The second kappa shape index (κ2) is 4.44. The van der Waals surface area contributed by atoms with Gasteiger partial charge in [-0.25, -0.2) is 0 Å². The third-order valence-electron chi connectivity index (χ3n) is 3.21. The number of carbonyl (C=O) groups is 2. The van der Waals surface area contributed by atoms with Crippen LogP contribution in [0.5, 0.6) is 0 Å². The smallest absolute Gasteiger partial charge is 0.250 e. The predicted molar refractivity (Wildman–Crippen MR) is 67.1 cm³/mol. The highest BCUT2D eigenvalue weighted by Gasteiger charge is 2.38. The van der Waals surface area contributed by atoms with Crippen LogP contribution < -0.4 is 10.2 Å². The zero-order chi connectivity index (χ0) is 13.4. The Balaban J connectivity index is 2.45. The Bertz CT molecular complexity index is 494. The summed E-state index contributed by atoms with van der Waals surface area (Å²) in [4.78, 5) is 25.6. The minimum atomic E-state index is -0.497. The van der Waals surface area contributed by atoms with Crippen molar-refractivity contribution in [3.05, 3.63) is 11.9 Å². The standard InChI is InChI=1S/C12H18N4O2/c1-5-9-10(6-15(4)14-9)16-8(3)11(17)13-7(2)12(16)18/h6-8H,5H2,1-4H3,(H,13,17). The van der Waals surface area contributed by atoms with Crippen LogP contribution in [-0.2, 0) is 23.1 Å². The van der Waals surface area contributed by atoms with E-state index in [-0.39, 0.29) is 11.8 Å². The number of nitrogens with one attached hydrogen (secondary N) is 1. The molecule has 98 valence electrons. The first kappa shape index (κ1) is 12.6. The zero-order valence-corrected chi connectivity index (χ0v) is 11.1. The molecule has 0 bridgehead atoms. The quantitative estimate of drug-likeness (QED) is 0.816. The van der Waals surface area contributed by atoms with Crippen molar-refractivity contribution < 1.29 is 9.59 Å². The molecule has 1 aliphatic rings. The second-order valence-corrected chi connectivity index (χ2v) is 4.60. The highest BCUT2D eigenvalue weighted by Crippen LogP contribution is 2.25. The normalized spacial score (nSPS) is 24.3. The third-order valence-corrected chi connectivity index (χ3v) is 3.21. The Hall–Kier alpha value is -1.85. The number of carbonyl (C=O) groups excluding carboxylic acids is 2.